The number of anilines is 1. The molecule has 0 aliphatic carbocycles. The van der Waals surface area contributed by atoms with Crippen LogP contribution in [0.4, 0.5) is 10.2 Å². The van der Waals surface area contributed by atoms with E-state index in [-0.39, 0.29) is 12.6 Å². The van der Waals surface area contributed by atoms with Crippen LogP contribution in [0.5, 0.6) is 0 Å². The molecule has 27 heavy (non-hydrogen) atoms. The van der Waals surface area contributed by atoms with Crippen molar-refractivity contribution in [2.75, 3.05) is 18.1 Å². The summed E-state index contributed by atoms with van der Waals surface area (Å²) in [5, 5.41) is 4.17. The maximum Gasteiger partial charge on any atom is 0.343 e. The predicted molar refractivity (Wildman–Crippen MR) is 97.2 cm³/mol. The molecule has 0 N–H and O–H groups in total. The average Bonchev–Trinajstić information content (AvgIpc) is 3.30. The van der Waals surface area contributed by atoms with Crippen molar-refractivity contribution in [1.29, 1.82) is 0 Å². The minimum atomic E-state index is -0.480. The number of nitrogens with zero attached hydrogens (tertiary/aromatic N) is 5. The molecule has 3 aromatic heterocycles. The van der Waals surface area contributed by atoms with Crippen LogP contribution in [0.1, 0.15) is 47.3 Å². The number of aryl methyl sites for hydroxylation is 1. The zero-order valence-corrected chi connectivity index (χ0v) is 15.2. The maximum atomic E-state index is 13.7. The maximum absolute atomic E-state index is 13.7. The Morgan fingerprint density at radius 3 is 3.07 bits per heavy atom. The van der Waals surface area contributed by atoms with E-state index in [2.05, 4.69) is 20.0 Å². The third-order valence-electron chi connectivity index (χ3n) is 4.87. The molecule has 0 amide bonds. The molecular formula is C19H20FN5O2. The fraction of sp³-hybridized carbons (Fsp3) is 0.368. The van der Waals surface area contributed by atoms with Crippen molar-refractivity contribution in [3.63, 3.8) is 0 Å². The standard InChI is InChI=1S/C19H20FN5O2/c1-3-27-19(26)14-11-22-25-8-6-17(23-18(14)25)24-7-4-5-15(24)13-9-16(20)21-10-12(13)2/h6,8-11,15H,3-5,7H2,1-2H3. The molecule has 3 aromatic rings. The number of carbonyl (C=O) groups excluding carboxylic acids is 1. The smallest absolute Gasteiger partial charge is 0.343 e. The highest BCUT2D eigenvalue weighted by molar-refractivity contribution is 5.95. The molecule has 8 heteroatoms. The van der Waals surface area contributed by atoms with E-state index >= 15 is 0 Å². The Morgan fingerprint density at radius 2 is 2.26 bits per heavy atom. The van der Waals surface area contributed by atoms with Crippen LogP contribution in [0.2, 0.25) is 0 Å². The Balaban J connectivity index is 1.73. The van der Waals surface area contributed by atoms with Crippen molar-refractivity contribution >= 4 is 17.4 Å². The second-order valence-electron chi connectivity index (χ2n) is 6.55. The van der Waals surface area contributed by atoms with Crippen LogP contribution in [-0.4, -0.2) is 38.7 Å². The summed E-state index contributed by atoms with van der Waals surface area (Å²) in [6.45, 7) is 4.79. The van der Waals surface area contributed by atoms with Crippen LogP contribution in [0.3, 0.4) is 0 Å². The second kappa shape index (κ2) is 6.94. The predicted octanol–water partition coefficient (Wildman–Crippen LogP) is 3.09. The lowest BCUT2D eigenvalue weighted by atomic mass is 10.0. The number of ether oxygens (including phenoxy) is 1. The molecule has 1 aliphatic rings. The van der Waals surface area contributed by atoms with E-state index in [1.807, 2.05) is 13.0 Å². The zero-order chi connectivity index (χ0) is 19.0. The van der Waals surface area contributed by atoms with Crippen molar-refractivity contribution in [1.82, 2.24) is 19.6 Å². The number of fused-ring (bicyclic) bond motifs is 1. The molecule has 0 aromatic carbocycles. The molecule has 4 rings (SSSR count). The SMILES string of the molecule is CCOC(=O)c1cnn2ccc(N3CCCC3c3cc(F)ncc3C)nc12. The van der Waals surface area contributed by atoms with Gasteiger partial charge in [0.1, 0.15) is 11.4 Å². The third kappa shape index (κ3) is 3.11. The first-order valence-corrected chi connectivity index (χ1v) is 8.98. The van der Waals surface area contributed by atoms with Crippen LogP contribution in [0.15, 0.2) is 30.7 Å². The highest BCUT2D eigenvalue weighted by Gasteiger charge is 2.29. The van der Waals surface area contributed by atoms with Crippen LogP contribution in [0, 0.1) is 12.9 Å². The molecule has 4 heterocycles. The Morgan fingerprint density at radius 1 is 1.41 bits per heavy atom. The molecule has 1 unspecified atom stereocenters. The normalized spacial score (nSPS) is 16.9. The average molecular weight is 369 g/mol. The zero-order valence-electron chi connectivity index (χ0n) is 15.2. The first kappa shape index (κ1) is 17.4. The van der Waals surface area contributed by atoms with Crippen molar-refractivity contribution in [3.8, 4) is 0 Å². The number of rotatable bonds is 4. The first-order chi connectivity index (χ1) is 13.1. The molecule has 7 nitrogen and oxygen atoms in total. The summed E-state index contributed by atoms with van der Waals surface area (Å²) >= 11 is 0. The van der Waals surface area contributed by atoms with Gasteiger partial charge < -0.3 is 9.64 Å². The molecule has 1 atom stereocenters. The summed E-state index contributed by atoms with van der Waals surface area (Å²) in [5.41, 5.74) is 2.65. The highest BCUT2D eigenvalue weighted by Crippen LogP contribution is 2.36. The fourth-order valence-corrected chi connectivity index (χ4v) is 3.61. The van der Waals surface area contributed by atoms with Crippen LogP contribution < -0.4 is 4.90 Å². The molecule has 0 spiro atoms. The van der Waals surface area contributed by atoms with Gasteiger partial charge in [0.15, 0.2) is 5.65 Å². The van der Waals surface area contributed by atoms with E-state index in [1.165, 1.54) is 12.3 Å². The third-order valence-corrected chi connectivity index (χ3v) is 4.87. The first-order valence-electron chi connectivity index (χ1n) is 8.98. The van der Waals surface area contributed by atoms with E-state index in [1.54, 1.807) is 23.8 Å². The van der Waals surface area contributed by atoms with E-state index in [9.17, 15) is 9.18 Å². The topological polar surface area (TPSA) is 72.6 Å². The van der Waals surface area contributed by atoms with Gasteiger partial charge in [-0.2, -0.15) is 9.49 Å². The largest absolute Gasteiger partial charge is 0.462 e. The van der Waals surface area contributed by atoms with Gasteiger partial charge in [-0.15, -0.1) is 0 Å². The molecule has 1 saturated heterocycles. The van der Waals surface area contributed by atoms with Gasteiger partial charge in [0.2, 0.25) is 5.95 Å². The van der Waals surface area contributed by atoms with E-state index in [0.717, 1.165) is 36.3 Å². The molecule has 1 aliphatic heterocycles. The van der Waals surface area contributed by atoms with Gasteiger partial charge in [-0.25, -0.2) is 19.3 Å². The molecule has 140 valence electrons. The number of pyridine rings is 1. The van der Waals surface area contributed by atoms with Crippen molar-refractivity contribution in [3.05, 3.63) is 53.4 Å². The summed E-state index contributed by atoms with van der Waals surface area (Å²) in [5.74, 6) is -0.193. The monoisotopic (exact) mass is 369 g/mol. The summed E-state index contributed by atoms with van der Waals surface area (Å²) < 4.78 is 20.3. The van der Waals surface area contributed by atoms with Gasteiger partial charge in [-0.05, 0) is 49.9 Å². The lowest BCUT2D eigenvalue weighted by Gasteiger charge is -2.27. The van der Waals surface area contributed by atoms with Gasteiger partial charge in [0.05, 0.1) is 18.8 Å². The van der Waals surface area contributed by atoms with E-state index in [0.29, 0.717) is 11.2 Å². The van der Waals surface area contributed by atoms with Gasteiger partial charge >= 0.3 is 5.97 Å². The number of esters is 1. The quantitative estimate of drug-likeness (QED) is 0.520. The van der Waals surface area contributed by atoms with E-state index in [4.69, 9.17) is 4.74 Å². The van der Waals surface area contributed by atoms with Gasteiger partial charge in [-0.3, -0.25) is 0 Å². The van der Waals surface area contributed by atoms with Crippen LogP contribution in [-0.2, 0) is 4.74 Å². The lowest BCUT2D eigenvalue weighted by molar-refractivity contribution is 0.0528. The Bertz CT molecular complexity index is 1000. The van der Waals surface area contributed by atoms with Crippen molar-refractivity contribution < 1.29 is 13.9 Å². The van der Waals surface area contributed by atoms with Crippen molar-refractivity contribution in [2.45, 2.75) is 32.7 Å². The van der Waals surface area contributed by atoms with Crippen molar-refractivity contribution in [2.24, 2.45) is 0 Å². The Kier molecular flexibility index (Phi) is 4.47. The number of hydrogen-bond donors (Lipinski definition) is 0. The summed E-state index contributed by atoms with van der Waals surface area (Å²) in [4.78, 5) is 22.7. The molecule has 0 radical (unpaired) electrons. The summed E-state index contributed by atoms with van der Waals surface area (Å²) in [6, 6.07) is 3.38. The molecule has 0 bridgehead atoms. The minimum Gasteiger partial charge on any atom is -0.462 e. The van der Waals surface area contributed by atoms with Crippen LogP contribution in [0.25, 0.3) is 5.65 Å². The highest BCUT2D eigenvalue weighted by atomic mass is 19.1. The van der Waals surface area contributed by atoms with Gasteiger partial charge in [0.25, 0.3) is 0 Å². The van der Waals surface area contributed by atoms with Gasteiger partial charge in [0, 0.05) is 18.9 Å². The molecule has 0 saturated carbocycles. The number of halogens is 1. The number of aromatic nitrogens is 4. The Hall–Kier alpha value is -3.03. The second-order valence-corrected chi connectivity index (χ2v) is 6.55. The van der Waals surface area contributed by atoms with Crippen LogP contribution >= 0.6 is 0 Å². The molecular weight excluding hydrogens is 349 g/mol. The fourth-order valence-electron chi connectivity index (χ4n) is 3.61. The van der Waals surface area contributed by atoms with Gasteiger partial charge in [-0.1, -0.05) is 0 Å². The lowest BCUT2D eigenvalue weighted by Crippen LogP contribution is -2.24. The number of carbonyl (C=O) groups is 1. The number of hydrogen-bond acceptors (Lipinski definition) is 6. The summed E-state index contributed by atoms with van der Waals surface area (Å²) in [6.07, 6.45) is 6.68. The Labute approximate surface area is 155 Å². The minimum absolute atomic E-state index is 0.0198. The van der Waals surface area contributed by atoms with E-state index < -0.39 is 11.9 Å². The molecule has 1 fully saturated rings. The summed E-state index contributed by atoms with van der Waals surface area (Å²) in [7, 11) is 0.